The van der Waals surface area contributed by atoms with Gasteiger partial charge in [0.2, 0.25) is 11.8 Å². The Bertz CT molecular complexity index is 527. The average Bonchev–Trinajstić information content (AvgIpc) is 3.12. The lowest BCUT2D eigenvalue weighted by Crippen LogP contribution is -2.52. The van der Waals surface area contributed by atoms with E-state index >= 15 is 0 Å². The van der Waals surface area contributed by atoms with Crippen LogP contribution in [0.2, 0.25) is 0 Å². The van der Waals surface area contributed by atoms with Crippen LogP contribution in [-0.2, 0) is 19.2 Å². The Hall–Kier alpha value is -1.46. The van der Waals surface area contributed by atoms with E-state index in [1.54, 1.807) is 0 Å². The molecular weight excluding hydrogens is 396 g/mol. The van der Waals surface area contributed by atoms with Crippen molar-refractivity contribution >= 4 is 45.3 Å². The Balaban J connectivity index is 2.46. The van der Waals surface area contributed by atoms with Crippen LogP contribution in [0.25, 0.3) is 0 Å². The van der Waals surface area contributed by atoms with Gasteiger partial charge >= 0.3 is 11.9 Å². The number of aliphatic hydroxyl groups is 1. The van der Waals surface area contributed by atoms with Gasteiger partial charge in [-0.15, -0.1) is 0 Å². The van der Waals surface area contributed by atoms with Gasteiger partial charge in [-0.1, -0.05) is 28.0 Å². The van der Waals surface area contributed by atoms with E-state index in [1.165, 1.54) is 6.42 Å². The largest absolute Gasteiger partial charge is 0.481 e. The fourth-order valence-electron chi connectivity index (χ4n) is 2.48. The lowest BCUT2D eigenvalue weighted by Gasteiger charge is -2.20. The van der Waals surface area contributed by atoms with Crippen molar-refractivity contribution in [3.63, 3.8) is 0 Å². The molecule has 0 aromatic rings. The molecule has 0 bridgehead atoms. The molecule has 1 saturated heterocycles. The summed E-state index contributed by atoms with van der Waals surface area (Å²) in [5.74, 6) is -2.61. The fraction of sp³-hybridized carbons (Fsp3) is 0.750. The van der Waals surface area contributed by atoms with Gasteiger partial charge in [0.05, 0.1) is 6.61 Å². The number of carbonyl (C=O) groups is 4. The molecule has 1 aliphatic heterocycles. The van der Waals surface area contributed by atoms with Crippen LogP contribution in [0.4, 0.5) is 0 Å². The molecule has 0 aliphatic carbocycles. The maximum atomic E-state index is 12.2. The summed E-state index contributed by atoms with van der Waals surface area (Å²) in [6, 6.07) is -2.67. The fourth-order valence-corrected chi connectivity index (χ4v) is 5.51. The van der Waals surface area contributed by atoms with Crippen LogP contribution in [0.3, 0.4) is 0 Å². The molecule has 3 unspecified atom stereocenters. The van der Waals surface area contributed by atoms with Gasteiger partial charge in [0, 0.05) is 23.8 Å². The highest BCUT2D eigenvalue weighted by Crippen LogP contribution is 2.39. The summed E-state index contributed by atoms with van der Waals surface area (Å²) in [6.07, 6.45) is 3.45. The monoisotopic (exact) mass is 422 g/mol. The van der Waals surface area contributed by atoms with Crippen molar-refractivity contribution in [1.29, 1.82) is 0 Å². The molecule has 0 aromatic carbocycles. The molecule has 11 heteroatoms. The molecule has 2 amide bonds. The summed E-state index contributed by atoms with van der Waals surface area (Å²) >= 11 is 0. The molecule has 9 nitrogen and oxygen atoms in total. The zero-order valence-corrected chi connectivity index (χ0v) is 16.5. The molecule has 1 aliphatic rings. The molecule has 1 rings (SSSR count). The molecule has 154 valence electrons. The number of nitrogens with one attached hydrogen (secondary N) is 2. The molecule has 0 saturated carbocycles. The zero-order chi connectivity index (χ0) is 20.2. The van der Waals surface area contributed by atoms with Crippen LogP contribution in [0.15, 0.2) is 0 Å². The molecule has 0 radical (unpaired) electrons. The number of amides is 2. The third kappa shape index (κ3) is 9.87. The molecule has 1 fully saturated rings. The minimum atomic E-state index is -1.51. The van der Waals surface area contributed by atoms with Gasteiger partial charge in [0.1, 0.15) is 12.1 Å². The quantitative estimate of drug-likeness (QED) is 0.212. The van der Waals surface area contributed by atoms with E-state index in [0.717, 1.165) is 18.6 Å². The number of carbonyl (C=O) groups excluding carboxylic acids is 2. The first-order chi connectivity index (χ1) is 12.8. The van der Waals surface area contributed by atoms with Crippen molar-refractivity contribution in [3.8, 4) is 0 Å². The van der Waals surface area contributed by atoms with Crippen LogP contribution in [0, 0.1) is 0 Å². The number of rotatable bonds is 13. The molecule has 5 N–H and O–H groups in total. The number of aliphatic hydroxyl groups excluding tert-OH is 1. The Morgan fingerprint density at radius 2 is 1.78 bits per heavy atom. The SMILES string of the molecule is O=C(O)CCC(NC(=O)CCCCC1CCSS1)C(=O)NC(CO)C(=O)O. The lowest BCUT2D eigenvalue weighted by atomic mass is 10.1. The average molecular weight is 423 g/mol. The van der Waals surface area contributed by atoms with Crippen molar-refractivity contribution in [2.24, 2.45) is 0 Å². The molecular formula is C16H26N2O7S2. The lowest BCUT2D eigenvalue weighted by molar-refractivity contribution is -0.144. The molecule has 0 aromatic heterocycles. The Labute approximate surface area is 165 Å². The standard InChI is InChI=1S/C16H26N2O7S2/c19-9-12(16(24)25)18-15(23)11(5-6-14(21)22)17-13(20)4-2-1-3-10-7-8-26-27-10/h10-12,19H,1-9H2,(H,17,20)(H,18,23)(H,21,22)(H,24,25). The van der Waals surface area contributed by atoms with Gasteiger partial charge < -0.3 is 26.0 Å². The van der Waals surface area contributed by atoms with E-state index in [1.807, 2.05) is 21.6 Å². The van der Waals surface area contributed by atoms with E-state index in [4.69, 9.17) is 15.3 Å². The van der Waals surface area contributed by atoms with Gasteiger partial charge in [0.15, 0.2) is 0 Å². The maximum Gasteiger partial charge on any atom is 0.328 e. The Morgan fingerprint density at radius 1 is 1.04 bits per heavy atom. The first kappa shape index (κ1) is 23.6. The summed E-state index contributed by atoms with van der Waals surface area (Å²) in [5.41, 5.74) is 0. The zero-order valence-electron chi connectivity index (χ0n) is 14.9. The highest BCUT2D eigenvalue weighted by Gasteiger charge is 2.26. The van der Waals surface area contributed by atoms with Crippen molar-refractivity contribution in [3.05, 3.63) is 0 Å². The third-order valence-corrected chi connectivity index (χ3v) is 7.01. The molecule has 1 heterocycles. The molecule has 3 atom stereocenters. The summed E-state index contributed by atoms with van der Waals surface area (Å²) in [5, 5.41) is 31.8. The van der Waals surface area contributed by atoms with Gasteiger partial charge in [-0.3, -0.25) is 14.4 Å². The minimum absolute atomic E-state index is 0.166. The number of hydrogen-bond donors (Lipinski definition) is 5. The number of unbranched alkanes of at least 4 members (excludes halogenated alkanes) is 1. The summed E-state index contributed by atoms with van der Waals surface area (Å²) in [4.78, 5) is 45.9. The predicted molar refractivity (Wildman–Crippen MR) is 102 cm³/mol. The Morgan fingerprint density at radius 3 is 2.33 bits per heavy atom. The van der Waals surface area contributed by atoms with Crippen molar-refractivity contribution in [2.45, 2.75) is 62.3 Å². The van der Waals surface area contributed by atoms with E-state index in [2.05, 4.69) is 10.6 Å². The van der Waals surface area contributed by atoms with E-state index in [9.17, 15) is 19.2 Å². The first-order valence-electron chi connectivity index (χ1n) is 8.77. The van der Waals surface area contributed by atoms with E-state index in [-0.39, 0.29) is 25.2 Å². The smallest absolute Gasteiger partial charge is 0.328 e. The molecule has 0 spiro atoms. The van der Waals surface area contributed by atoms with Gasteiger partial charge in [-0.25, -0.2) is 4.79 Å². The van der Waals surface area contributed by atoms with Crippen LogP contribution in [0.1, 0.15) is 44.9 Å². The van der Waals surface area contributed by atoms with E-state index < -0.39 is 36.5 Å². The second-order valence-electron chi connectivity index (χ2n) is 6.21. The van der Waals surface area contributed by atoms with Crippen molar-refractivity contribution in [1.82, 2.24) is 10.6 Å². The van der Waals surface area contributed by atoms with Crippen molar-refractivity contribution < 1.29 is 34.5 Å². The van der Waals surface area contributed by atoms with Gasteiger partial charge in [0.25, 0.3) is 0 Å². The van der Waals surface area contributed by atoms with Crippen LogP contribution >= 0.6 is 21.6 Å². The highest BCUT2D eigenvalue weighted by atomic mass is 33.1. The first-order valence-corrected chi connectivity index (χ1v) is 11.1. The van der Waals surface area contributed by atoms with E-state index in [0.29, 0.717) is 11.7 Å². The maximum absolute atomic E-state index is 12.2. The van der Waals surface area contributed by atoms with Gasteiger partial charge in [-0.05, 0) is 25.7 Å². The summed E-state index contributed by atoms with van der Waals surface area (Å²) in [6.45, 7) is -0.807. The number of carboxylic acids is 2. The highest BCUT2D eigenvalue weighted by molar-refractivity contribution is 8.77. The summed E-state index contributed by atoms with van der Waals surface area (Å²) < 4.78 is 0. The second-order valence-corrected chi connectivity index (χ2v) is 9.00. The van der Waals surface area contributed by atoms with Crippen LogP contribution < -0.4 is 10.6 Å². The van der Waals surface area contributed by atoms with Crippen LogP contribution in [-0.4, -0.2) is 68.8 Å². The number of aliphatic carboxylic acids is 2. The minimum Gasteiger partial charge on any atom is -0.481 e. The van der Waals surface area contributed by atoms with Crippen molar-refractivity contribution in [2.75, 3.05) is 12.4 Å². The normalized spacial score (nSPS) is 18.5. The van der Waals surface area contributed by atoms with Crippen LogP contribution in [0.5, 0.6) is 0 Å². The Kier molecular flexibility index (Phi) is 11.2. The second kappa shape index (κ2) is 12.8. The topological polar surface area (TPSA) is 153 Å². The number of hydrogen-bond acceptors (Lipinski definition) is 7. The predicted octanol–water partition coefficient (Wildman–Crippen LogP) is 0.612. The van der Waals surface area contributed by atoms with Gasteiger partial charge in [-0.2, -0.15) is 0 Å². The summed E-state index contributed by atoms with van der Waals surface area (Å²) in [7, 11) is 3.73. The third-order valence-electron chi connectivity index (χ3n) is 4.00. The number of carboxylic acid groups (broad SMARTS) is 2. The molecule has 27 heavy (non-hydrogen) atoms.